The fraction of sp³-hybridized carbons (Fsp3) is 0.200. The Morgan fingerprint density at radius 2 is 2.29 bits per heavy atom. The molecule has 0 amide bonds. The zero-order valence-corrected chi connectivity index (χ0v) is 8.85. The van der Waals surface area contributed by atoms with Crippen LogP contribution in [0.1, 0.15) is 12.5 Å². The molecule has 14 heavy (non-hydrogen) atoms. The molecule has 0 aromatic heterocycles. The van der Waals surface area contributed by atoms with Gasteiger partial charge in [0.2, 0.25) is 0 Å². The van der Waals surface area contributed by atoms with Gasteiger partial charge in [0.1, 0.15) is 12.2 Å². The quantitative estimate of drug-likeness (QED) is 0.206. The van der Waals surface area contributed by atoms with Crippen LogP contribution in [0, 0.1) is 11.8 Å². The van der Waals surface area contributed by atoms with Gasteiger partial charge in [-0.15, -0.1) is 10.3 Å². The Morgan fingerprint density at radius 3 is 3.00 bits per heavy atom. The molecular weight excluding hydrogens is 198 g/mol. The SMILES string of the molecule is CC#Cc1cccc(NSOOC)c1. The van der Waals surface area contributed by atoms with Crippen molar-refractivity contribution in [2.75, 3.05) is 11.8 Å². The minimum Gasteiger partial charge on any atom is -0.304 e. The van der Waals surface area contributed by atoms with E-state index in [-0.39, 0.29) is 0 Å². The number of anilines is 1. The lowest BCUT2D eigenvalue weighted by Gasteiger charge is -2.02. The van der Waals surface area contributed by atoms with Crippen LogP contribution in [-0.4, -0.2) is 7.11 Å². The summed E-state index contributed by atoms with van der Waals surface area (Å²) in [5.41, 5.74) is 1.89. The molecule has 0 saturated heterocycles. The van der Waals surface area contributed by atoms with Gasteiger partial charge in [-0.25, -0.2) is 4.89 Å². The molecule has 3 nitrogen and oxygen atoms in total. The number of benzene rings is 1. The molecule has 0 unspecified atom stereocenters. The molecule has 0 aliphatic rings. The van der Waals surface area contributed by atoms with Crippen molar-refractivity contribution in [1.82, 2.24) is 0 Å². The molecule has 0 saturated carbocycles. The van der Waals surface area contributed by atoms with E-state index in [2.05, 4.69) is 25.8 Å². The minimum absolute atomic E-state index is 0.923. The molecule has 1 rings (SSSR count). The Bertz CT molecular complexity index is 343. The van der Waals surface area contributed by atoms with Crippen LogP contribution in [0.3, 0.4) is 0 Å². The summed E-state index contributed by atoms with van der Waals surface area (Å²) in [5.74, 6) is 5.80. The van der Waals surface area contributed by atoms with E-state index in [1.54, 1.807) is 0 Å². The zero-order valence-electron chi connectivity index (χ0n) is 8.03. The molecule has 74 valence electrons. The highest BCUT2D eigenvalue weighted by Gasteiger charge is 1.93. The second-order valence-corrected chi connectivity index (χ2v) is 2.88. The highest BCUT2D eigenvalue weighted by atomic mass is 32.2. The van der Waals surface area contributed by atoms with Crippen LogP contribution < -0.4 is 4.72 Å². The van der Waals surface area contributed by atoms with Crippen LogP contribution >= 0.6 is 12.2 Å². The van der Waals surface area contributed by atoms with E-state index in [4.69, 9.17) is 0 Å². The molecule has 0 heterocycles. The summed E-state index contributed by atoms with van der Waals surface area (Å²) in [6, 6.07) is 7.73. The highest BCUT2D eigenvalue weighted by Crippen LogP contribution is 2.14. The van der Waals surface area contributed by atoms with Crippen molar-refractivity contribution in [3.63, 3.8) is 0 Å². The maximum Gasteiger partial charge on any atom is 0.148 e. The number of nitrogens with one attached hydrogen (secondary N) is 1. The highest BCUT2D eigenvalue weighted by molar-refractivity contribution is 7.95. The van der Waals surface area contributed by atoms with Crippen LogP contribution in [0.4, 0.5) is 5.69 Å². The van der Waals surface area contributed by atoms with Gasteiger partial charge in [0.25, 0.3) is 0 Å². The average Bonchev–Trinajstić information content (AvgIpc) is 2.19. The molecule has 0 bridgehead atoms. The van der Waals surface area contributed by atoms with Gasteiger partial charge in [0, 0.05) is 11.3 Å². The van der Waals surface area contributed by atoms with E-state index < -0.39 is 0 Å². The van der Waals surface area contributed by atoms with Gasteiger partial charge >= 0.3 is 0 Å². The van der Waals surface area contributed by atoms with Gasteiger partial charge in [-0.2, -0.15) is 0 Å². The van der Waals surface area contributed by atoms with Crippen molar-refractivity contribution in [3.05, 3.63) is 29.8 Å². The van der Waals surface area contributed by atoms with E-state index in [1.165, 1.54) is 7.11 Å². The minimum atomic E-state index is 0.923. The van der Waals surface area contributed by atoms with Crippen LogP contribution in [0.2, 0.25) is 0 Å². The largest absolute Gasteiger partial charge is 0.304 e. The fourth-order valence-electron chi connectivity index (χ4n) is 0.904. The van der Waals surface area contributed by atoms with Gasteiger partial charge in [0.05, 0.1) is 7.11 Å². The predicted molar refractivity (Wildman–Crippen MR) is 58.3 cm³/mol. The molecule has 0 fully saturated rings. The summed E-state index contributed by atoms with van der Waals surface area (Å²) in [5, 5.41) is 0. The van der Waals surface area contributed by atoms with Crippen molar-refractivity contribution in [2.45, 2.75) is 6.92 Å². The van der Waals surface area contributed by atoms with Gasteiger partial charge < -0.3 is 4.72 Å². The summed E-state index contributed by atoms with van der Waals surface area (Å²) in [6.07, 6.45) is 0. The number of rotatable bonds is 4. The molecule has 1 N–H and O–H groups in total. The summed E-state index contributed by atoms with van der Waals surface area (Å²) in [6.45, 7) is 1.81. The first-order chi connectivity index (χ1) is 6.86. The van der Waals surface area contributed by atoms with Crippen molar-refractivity contribution >= 4 is 17.9 Å². The molecule has 0 atom stereocenters. The molecule has 0 aliphatic heterocycles. The Morgan fingerprint density at radius 1 is 1.43 bits per heavy atom. The molecular formula is C10H11NO2S. The molecule has 0 radical (unpaired) electrons. The normalized spacial score (nSPS) is 9.00. The maximum absolute atomic E-state index is 4.61. The predicted octanol–water partition coefficient (Wildman–Crippen LogP) is 2.61. The summed E-state index contributed by atoms with van der Waals surface area (Å²) < 4.78 is 7.55. The van der Waals surface area contributed by atoms with Crippen LogP contribution in [0.15, 0.2) is 24.3 Å². The third-order valence-corrected chi connectivity index (χ3v) is 1.92. The van der Waals surface area contributed by atoms with Crippen LogP contribution in [0.5, 0.6) is 0 Å². The van der Waals surface area contributed by atoms with Crippen molar-refractivity contribution < 1.29 is 9.22 Å². The van der Waals surface area contributed by atoms with Crippen molar-refractivity contribution in [2.24, 2.45) is 0 Å². The summed E-state index contributed by atoms with van der Waals surface area (Å²) in [4.78, 5) is 4.41. The zero-order chi connectivity index (χ0) is 10.2. The second kappa shape index (κ2) is 6.33. The number of hydrogen-bond acceptors (Lipinski definition) is 4. The van der Waals surface area contributed by atoms with Gasteiger partial charge in [-0.3, -0.25) is 0 Å². The smallest absolute Gasteiger partial charge is 0.148 e. The van der Waals surface area contributed by atoms with Gasteiger partial charge in [-0.1, -0.05) is 12.0 Å². The third kappa shape index (κ3) is 3.71. The average molecular weight is 209 g/mol. The van der Waals surface area contributed by atoms with Crippen LogP contribution in [-0.2, 0) is 9.22 Å². The second-order valence-electron chi connectivity index (χ2n) is 2.38. The van der Waals surface area contributed by atoms with Crippen molar-refractivity contribution in [1.29, 1.82) is 0 Å². The van der Waals surface area contributed by atoms with E-state index in [1.807, 2.05) is 31.2 Å². The lowest BCUT2D eigenvalue weighted by Crippen LogP contribution is -1.89. The Hall–Kier alpha value is -1.15. The molecule has 1 aromatic rings. The maximum atomic E-state index is 4.61. The van der Waals surface area contributed by atoms with E-state index in [0.29, 0.717) is 0 Å². The van der Waals surface area contributed by atoms with E-state index in [9.17, 15) is 0 Å². The lowest BCUT2D eigenvalue weighted by molar-refractivity contribution is -0.159. The first kappa shape index (κ1) is 10.9. The third-order valence-electron chi connectivity index (χ3n) is 1.39. The fourth-order valence-corrected chi connectivity index (χ4v) is 1.23. The Kier molecular flexibility index (Phi) is 4.94. The molecule has 0 aliphatic carbocycles. The Balaban J connectivity index is 2.58. The topological polar surface area (TPSA) is 30.5 Å². The summed E-state index contributed by atoms with van der Waals surface area (Å²) in [7, 11) is 1.45. The first-order valence-corrected chi connectivity index (χ1v) is 4.76. The Labute approximate surface area is 88.1 Å². The summed E-state index contributed by atoms with van der Waals surface area (Å²) >= 11 is 1.01. The lowest BCUT2D eigenvalue weighted by atomic mass is 10.2. The molecule has 0 spiro atoms. The standard InChI is InChI=1S/C10H11NO2S/c1-3-5-9-6-4-7-10(8-9)11-14-13-12-2/h4,6-8,11H,1-2H3. The van der Waals surface area contributed by atoms with Gasteiger partial charge in [0.15, 0.2) is 0 Å². The van der Waals surface area contributed by atoms with Gasteiger partial charge in [-0.05, 0) is 25.1 Å². The molecule has 4 heteroatoms. The van der Waals surface area contributed by atoms with Crippen molar-refractivity contribution in [3.8, 4) is 11.8 Å². The van der Waals surface area contributed by atoms with E-state index in [0.717, 1.165) is 23.5 Å². The monoisotopic (exact) mass is 209 g/mol. The first-order valence-electron chi connectivity index (χ1n) is 4.02. The molecule has 1 aromatic carbocycles. The van der Waals surface area contributed by atoms with E-state index >= 15 is 0 Å². The van der Waals surface area contributed by atoms with Crippen LogP contribution in [0.25, 0.3) is 0 Å². The number of hydrogen-bond donors (Lipinski definition) is 1.